The SMILES string of the molecule is O=C(c1cc2cnccc2s1)N1C[C@@H]2CC[C@@H](Nc3ccc(Br)nn3)[C@@H]2C1. The number of nitrogens with one attached hydrogen (secondary N) is 1. The molecule has 0 aromatic carbocycles. The number of nitrogens with zero attached hydrogens (tertiary/aromatic N) is 4. The fourth-order valence-corrected chi connectivity index (χ4v) is 5.55. The minimum Gasteiger partial charge on any atom is -0.365 e. The molecule has 6 nitrogen and oxygen atoms in total. The minimum atomic E-state index is 0.146. The molecule has 1 saturated carbocycles. The second-order valence-corrected chi connectivity index (χ2v) is 9.12. The molecule has 3 atom stereocenters. The lowest BCUT2D eigenvalue weighted by Crippen LogP contribution is -2.33. The van der Waals surface area contributed by atoms with Crippen LogP contribution in [-0.4, -0.2) is 45.1 Å². The van der Waals surface area contributed by atoms with Crippen LogP contribution in [0.25, 0.3) is 10.1 Å². The van der Waals surface area contributed by atoms with Gasteiger partial charge in [0.05, 0.1) is 4.88 Å². The largest absolute Gasteiger partial charge is 0.365 e. The highest BCUT2D eigenvalue weighted by Gasteiger charge is 2.44. The third kappa shape index (κ3) is 3.21. The summed E-state index contributed by atoms with van der Waals surface area (Å²) < 4.78 is 1.84. The Morgan fingerprint density at radius 3 is 2.96 bits per heavy atom. The van der Waals surface area contributed by atoms with Crippen LogP contribution in [0, 0.1) is 11.8 Å². The number of anilines is 1. The number of fused-ring (bicyclic) bond motifs is 2. The summed E-state index contributed by atoms with van der Waals surface area (Å²) in [6, 6.07) is 8.11. The van der Waals surface area contributed by atoms with E-state index in [1.54, 1.807) is 17.5 Å². The van der Waals surface area contributed by atoms with E-state index in [1.807, 2.05) is 35.4 Å². The van der Waals surface area contributed by atoms with Gasteiger partial charge in [-0.25, -0.2) is 0 Å². The second-order valence-electron chi connectivity index (χ2n) is 7.23. The minimum absolute atomic E-state index is 0.146. The predicted molar refractivity (Wildman–Crippen MR) is 109 cm³/mol. The lowest BCUT2D eigenvalue weighted by Gasteiger charge is -2.21. The van der Waals surface area contributed by atoms with Gasteiger partial charge in [0.2, 0.25) is 0 Å². The molecule has 1 aliphatic heterocycles. The number of rotatable bonds is 3. The first-order valence-corrected chi connectivity index (χ1v) is 10.7. The Bertz CT molecular complexity index is 958. The second kappa shape index (κ2) is 6.83. The van der Waals surface area contributed by atoms with E-state index < -0.39 is 0 Å². The molecular formula is C19H18BrN5OS. The molecule has 27 heavy (non-hydrogen) atoms. The van der Waals surface area contributed by atoms with Crippen molar-refractivity contribution in [1.82, 2.24) is 20.1 Å². The standard InChI is InChI=1S/C19H18BrN5OS/c20-17-3-4-18(24-23-17)22-14-2-1-11-9-25(10-13(11)14)19(26)16-7-12-8-21-6-5-15(12)27-16/h3-8,11,13-14H,1-2,9-10H2,(H,22,24)/t11-,13+,14+/m0/s1. The molecule has 0 spiro atoms. The van der Waals surface area contributed by atoms with Crippen LogP contribution in [0.1, 0.15) is 22.5 Å². The quantitative estimate of drug-likeness (QED) is 0.666. The van der Waals surface area contributed by atoms with E-state index in [4.69, 9.17) is 0 Å². The zero-order chi connectivity index (χ0) is 18.4. The van der Waals surface area contributed by atoms with Crippen LogP contribution in [0.2, 0.25) is 0 Å². The van der Waals surface area contributed by atoms with Crippen molar-refractivity contribution < 1.29 is 4.79 Å². The van der Waals surface area contributed by atoms with E-state index in [1.165, 1.54) is 0 Å². The molecule has 4 heterocycles. The van der Waals surface area contributed by atoms with Gasteiger partial charge >= 0.3 is 0 Å². The summed E-state index contributed by atoms with van der Waals surface area (Å²) in [4.78, 5) is 20.0. The monoisotopic (exact) mass is 443 g/mol. The van der Waals surface area contributed by atoms with Crippen LogP contribution < -0.4 is 5.32 Å². The van der Waals surface area contributed by atoms with E-state index >= 15 is 0 Å². The first-order chi connectivity index (χ1) is 13.2. The molecule has 138 valence electrons. The molecule has 1 saturated heterocycles. The van der Waals surface area contributed by atoms with Crippen molar-refractivity contribution in [1.29, 1.82) is 0 Å². The van der Waals surface area contributed by atoms with Crippen LogP contribution in [0.15, 0.2) is 41.3 Å². The smallest absolute Gasteiger partial charge is 0.263 e. The molecule has 5 rings (SSSR count). The van der Waals surface area contributed by atoms with Crippen molar-refractivity contribution in [3.63, 3.8) is 0 Å². The molecule has 8 heteroatoms. The number of thiophene rings is 1. The molecule has 0 unspecified atom stereocenters. The van der Waals surface area contributed by atoms with E-state index in [0.717, 1.165) is 51.3 Å². The Morgan fingerprint density at radius 2 is 2.15 bits per heavy atom. The molecule has 2 aliphatic rings. The molecule has 0 radical (unpaired) electrons. The third-order valence-electron chi connectivity index (χ3n) is 5.64. The van der Waals surface area contributed by atoms with Gasteiger partial charge < -0.3 is 10.2 Å². The topological polar surface area (TPSA) is 71.0 Å². The summed E-state index contributed by atoms with van der Waals surface area (Å²) in [7, 11) is 0. The normalized spacial score (nSPS) is 24.3. The number of hydrogen-bond acceptors (Lipinski definition) is 6. The molecule has 1 N–H and O–H groups in total. The van der Waals surface area contributed by atoms with Gasteiger partial charge in [0.1, 0.15) is 10.4 Å². The van der Waals surface area contributed by atoms with Crippen LogP contribution >= 0.6 is 27.3 Å². The van der Waals surface area contributed by atoms with Gasteiger partial charge in [0.15, 0.2) is 0 Å². The molecule has 2 fully saturated rings. The van der Waals surface area contributed by atoms with Gasteiger partial charge in [0, 0.05) is 47.5 Å². The zero-order valence-electron chi connectivity index (χ0n) is 14.5. The number of pyridine rings is 1. The van der Waals surface area contributed by atoms with Crippen molar-refractivity contribution in [2.75, 3.05) is 18.4 Å². The van der Waals surface area contributed by atoms with E-state index in [2.05, 4.69) is 36.4 Å². The van der Waals surface area contributed by atoms with Crippen LogP contribution in [-0.2, 0) is 0 Å². The summed E-state index contributed by atoms with van der Waals surface area (Å²) in [5.74, 6) is 1.97. The van der Waals surface area contributed by atoms with Crippen molar-refractivity contribution >= 4 is 49.1 Å². The Morgan fingerprint density at radius 1 is 1.22 bits per heavy atom. The highest BCUT2D eigenvalue weighted by atomic mass is 79.9. The van der Waals surface area contributed by atoms with Gasteiger partial charge in [-0.15, -0.1) is 21.5 Å². The first-order valence-electron chi connectivity index (χ1n) is 9.06. The van der Waals surface area contributed by atoms with E-state index in [-0.39, 0.29) is 5.91 Å². The highest BCUT2D eigenvalue weighted by Crippen LogP contribution is 2.40. The van der Waals surface area contributed by atoms with Gasteiger partial charge in [-0.1, -0.05) is 0 Å². The van der Waals surface area contributed by atoms with Gasteiger partial charge in [0.25, 0.3) is 5.91 Å². The predicted octanol–water partition coefficient (Wildman–Crippen LogP) is 3.81. The highest BCUT2D eigenvalue weighted by molar-refractivity contribution is 9.10. The first kappa shape index (κ1) is 17.1. The summed E-state index contributed by atoms with van der Waals surface area (Å²) in [6.07, 6.45) is 5.85. The summed E-state index contributed by atoms with van der Waals surface area (Å²) in [5.41, 5.74) is 0. The van der Waals surface area contributed by atoms with E-state index in [0.29, 0.717) is 17.9 Å². The summed E-state index contributed by atoms with van der Waals surface area (Å²) >= 11 is 4.87. The molecule has 1 aliphatic carbocycles. The fourth-order valence-electron chi connectivity index (χ4n) is 4.34. The van der Waals surface area contributed by atoms with Gasteiger partial charge in [-0.2, -0.15) is 0 Å². The van der Waals surface area contributed by atoms with Gasteiger partial charge in [-0.05, 0) is 59.0 Å². The number of aromatic nitrogens is 3. The maximum absolute atomic E-state index is 13.0. The Balaban J connectivity index is 1.30. The maximum atomic E-state index is 13.0. The summed E-state index contributed by atoms with van der Waals surface area (Å²) in [6.45, 7) is 1.65. The van der Waals surface area contributed by atoms with Crippen LogP contribution in [0.5, 0.6) is 0 Å². The number of amides is 1. The number of likely N-dealkylation sites (tertiary alicyclic amines) is 1. The zero-order valence-corrected chi connectivity index (χ0v) is 16.9. The van der Waals surface area contributed by atoms with Crippen molar-refractivity contribution in [2.45, 2.75) is 18.9 Å². The molecule has 3 aromatic heterocycles. The number of halogens is 1. The average molecular weight is 444 g/mol. The maximum Gasteiger partial charge on any atom is 0.263 e. The van der Waals surface area contributed by atoms with Gasteiger partial charge in [-0.3, -0.25) is 9.78 Å². The Labute approximate surface area is 169 Å². The molecule has 3 aromatic rings. The lowest BCUT2D eigenvalue weighted by atomic mass is 9.98. The average Bonchev–Trinajstić information content (AvgIpc) is 3.38. The molecule has 1 amide bonds. The Kier molecular flexibility index (Phi) is 4.32. The van der Waals surface area contributed by atoms with Crippen molar-refractivity contribution in [3.05, 3.63) is 46.1 Å². The summed E-state index contributed by atoms with van der Waals surface area (Å²) in [5, 5.41) is 12.8. The third-order valence-corrected chi connectivity index (χ3v) is 7.16. The van der Waals surface area contributed by atoms with Crippen molar-refractivity contribution in [2.24, 2.45) is 11.8 Å². The number of carbonyl (C=O) groups is 1. The van der Waals surface area contributed by atoms with E-state index in [9.17, 15) is 4.79 Å². The number of carbonyl (C=O) groups excluding carboxylic acids is 1. The van der Waals surface area contributed by atoms with Crippen LogP contribution in [0.3, 0.4) is 0 Å². The number of hydrogen-bond donors (Lipinski definition) is 1. The molecular weight excluding hydrogens is 426 g/mol. The Hall–Kier alpha value is -2.06. The van der Waals surface area contributed by atoms with Crippen molar-refractivity contribution in [3.8, 4) is 0 Å². The van der Waals surface area contributed by atoms with Crippen LogP contribution in [0.4, 0.5) is 5.82 Å². The lowest BCUT2D eigenvalue weighted by molar-refractivity contribution is 0.0785. The molecule has 0 bridgehead atoms. The fraction of sp³-hybridized carbons (Fsp3) is 0.368.